The van der Waals surface area contributed by atoms with Crippen molar-refractivity contribution < 1.29 is 22.4 Å². The number of aromatic nitrogens is 1. The molecule has 3 nitrogen and oxygen atoms in total. The number of anilines is 1. The molecule has 1 aromatic heterocycles. The lowest BCUT2D eigenvalue weighted by molar-refractivity contribution is -0.124. The molecule has 1 fully saturated rings. The third kappa shape index (κ3) is 3.42. The average Bonchev–Trinajstić information content (AvgIpc) is 2.32. The zero-order valence-corrected chi connectivity index (χ0v) is 9.93. The molecule has 1 aromatic rings. The van der Waals surface area contributed by atoms with E-state index in [2.05, 4.69) is 10.3 Å². The van der Waals surface area contributed by atoms with Gasteiger partial charge >= 0.3 is 0 Å². The molecule has 1 saturated carbocycles. The number of hydrogen-bond acceptors (Lipinski definition) is 2. The Balaban J connectivity index is 1.98. The summed E-state index contributed by atoms with van der Waals surface area (Å²) in [4.78, 5) is 14.7. The molecule has 7 heteroatoms. The molecule has 0 aromatic carbocycles. The summed E-state index contributed by atoms with van der Waals surface area (Å²) in [6, 6.07) is 1.96. The summed E-state index contributed by atoms with van der Waals surface area (Å²) in [6.45, 7) is 0. The van der Waals surface area contributed by atoms with E-state index in [0.717, 1.165) is 12.1 Å². The molecular weight excluding hydrogens is 264 g/mol. The third-order valence-electron chi connectivity index (χ3n) is 3.16. The highest BCUT2D eigenvalue weighted by Crippen LogP contribution is 2.36. The van der Waals surface area contributed by atoms with Gasteiger partial charge in [0.15, 0.2) is 0 Å². The SMILES string of the molecule is O=C(Nc1ccc(F)nc1F)C1CCC(F)(F)CC1. The van der Waals surface area contributed by atoms with Crippen LogP contribution in [0.15, 0.2) is 12.1 Å². The van der Waals surface area contributed by atoms with Crippen molar-refractivity contribution in [1.82, 2.24) is 4.98 Å². The van der Waals surface area contributed by atoms with Crippen molar-refractivity contribution in [2.45, 2.75) is 31.6 Å². The molecule has 19 heavy (non-hydrogen) atoms. The summed E-state index contributed by atoms with van der Waals surface area (Å²) >= 11 is 0. The van der Waals surface area contributed by atoms with E-state index in [1.54, 1.807) is 0 Å². The Morgan fingerprint density at radius 3 is 2.47 bits per heavy atom. The molecule has 0 spiro atoms. The van der Waals surface area contributed by atoms with Crippen LogP contribution in [0.3, 0.4) is 0 Å². The van der Waals surface area contributed by atoms with Gasteiger partial charge in [0.1, 0.15) is 0 Å². The molecule has 0 aliphatic heterocycles. The van der Waals surface area contributed by atoms with Gasteiger partial charge in [-0.1, -0.05) is 0 Å². The van der Waals surface area contributed by atoms with Gasteiger partial charge < -0.3 is 5.32 Å². The Hall–Kier alpha value is -1.66. The van der Waals surface area contributed by atoms with Crippen molar-refractivity contribution in [1.29, 1.82) is 0 Å². The fourth-order valence-corrected chi connectivity index (χ4v) is 2.04. The second-order valence-electron chi connectivity index (χ2n) is 4.59. The van der Waals surface area contributed by atoms with Crippen molar-refractivity contribution in [2.75, 3.05) is 5.32 Å². The van der Waals surface area contributed by atoms with Crippen LogP contribution in [0.5, 0.6) is 0 Å². The van der Waals surface area contributed by atoms with Crippen LogP contribution in [-0.2, 0) is 4.79 Å². The van der Waals surface area contributed by atoms with E-state index in [-0.39, 0.29) is 31.4 Å². The largest absolute Gasteiger partial charge is 0.322 e. The number of nitrogens with zero attached hydrogens (tertiary/aromatic N) is 1. The van der Waals surface area contributed by atoms with Gasteiger partial charge in [0.05, 0.1) is 5.69 Å². The molecule has 0 saturated heterocycles. The number of rotatable bonds is 2. The Bertz CT molecular complexity index is 483. The minimum atomic E-state index is -2.72. The van der Waals surface area contributed by atoms with E-state index in [1.165, 1.54) is 0 Å². The molecule has 1 aliphatic rings. The zero-order valence-electron chi connectivity index (χ0n) is 9.93. The highest BCUT2D eigenvalue weighted by Gasteiger charge is 2.37. The molecule has 0 unspecified atom stereocenters. The summed E-state index contributed by atoms with van der Waals surface area (Å²) in [6.07, 6.45) is -0.603. The standard InChI is InChI=1S/C12H12F4N2O/c13-9-2-1-8(10(14)18-9)17-11(19)7-3-5-12(15,16)6-4-7/h1-2,7H,3-6H2,(H,17,19). The number of alkyl halides is 2. The van der Waals surface area contributed by atoms with Crippen LogP contribution >= 0.6 is 0 Å². The highest BCUT2D eigenvalue weighted by molar-refractivity contribution is 5.92. The van der Waals surface area contributed by atoms with E-state index < -0.39 is 29.6 Å². The summed E-state index contributed by atoms with van der Waals surface area (Å²) in [5.74, 6) is -5.96. The molecule has 2 rings (SSSR count). The van der Waals surface area contributed by atoms with Crippen LogP contribution in [-0.4, -0.2) is 16.8 Å². The molecule has 1 heterocycles. The lowest BCUT2D eigenvalue weighted by atomic mass is 9.86. The molecule has 0 bridgehead atoms. The van der Waals surface area contributed by atoms with Crippen LogP contribution in [0.2, 0.25) is 0 Å². The first kappa shape index (κ1) is 13.8. The van der Waals surface area contributed by atoms with Gasteiger partial charge in [0.2, 0.25) is 23.7 Å². The normalized spacial score (nSPS) is 19.2. The second kappa shape index (κ2) is 5.14. The minimum Gasteiger partial charge on any atom is -0.322 e. The number of nitrogens with one attached hydrogen (secondary N) is 1. The van der Waals surface area contributed by atoms with E-state index in [4.69, 9.17) is 0 Å². The Morgan fingerprint density at radius 2 is 1.89 bits per heavy atom. The topological polar surface area (TPSA) is 42.0 Å². The van der Waals surface area contributed by atoms with E-state index >= 15 is 0 Å². The van der Waals surface area contributed by atoms with Crippen molar-refractivity contribution in [2.24, 2.45) is 5.92 Å². The number of carbonyl (C=O) groups is 1. The number of hydrogen-bond donors (Lipinski definition) is 1. The fourth-order valence-electron chi connectivity index (χ4n) is 2.04. The van der Waals surface area contributed by atoms with Crippen LogP contribution < -0.4 is 5.32 Å². The smallest absolute Gasteiger partial charge is 0.248 e. The van der Waals surface area contributed by atoms with Crippen LogP contribution in [0.1, 0.15) is 25.7 Å². The first-order chi connectivity index (χ1) is 8.87. The highest BCUT2D eigenvalue weighted by atomic mass is 19.3. The zero-order chi connectivity index (χ0) is 14.0. The van der Waals surface area contributed by atoms with Gasteiger partial charge in [-0.05, 0) is 25.0 Å². The molecule has 1 amide bonds. The molecule has 104 valence electrons. The number of carbonyl (C=O) groups excluding carboxylic acids is 1. The number of halogens is 4. The fraction of sp³-hybridized carbons (Fsp3) is 0.500. The van der Waals surface area contributed by atoms with Crippen molar-refractivity contribution in [3.8, 4) is 0 Å². The monoisotopic (exact) mass is 276 g/mol. The van der Waals surface area contributed by atoms with Gasteiger partial charge in [0.25, 0.3) is 0 Å². The first-order valence-corrected chi connectivity index (χ1v) is 5.88. The molecule has 0 atom stereocenters. The summed E-state index contributed by atoms with van der Waals surface area (Å²) < 4.78 is 51.7. The van der Waals surface area contributed by atoms with Crippen molar-refractivity contribution >= 4 is 11.6 Å². The Morgan fingerprint density at radius 1 is 1.26 bits per heavy atom. The van der Waals surface area contributed by atoms with Gasteiger partial charge in [0, 0.05) is 18.8 Å². The van der Waals surface area contributed by atoms with E-state index in [0.29, 0.717) is 0 Å². The summed E-state index contributed by atoms with van der Waals surface area (Å²) in [5.41, 5.74) is -0.247. The van der Waals surface area contributed by atoms with Crippen molar-refractivity contribution in [3.05, 3.63) is 24.0 Å². The number of pyridine rings is 1. The van der Waals surface area contributed by atoms with E-state index in [9.17, 15) is 22.4 Å². The third-order valence-corrected chi connectivity index (χ3v) is 3.16. The molecule has 0 radical (unpaired) electrons. The predicted octanol–water partition coefficient (Wildman–Crippen LogP) is 3.12. The molecule has 1 aliphatic carbocycles. The van der Waals surface area contributed by atoms with Gasteiger partial charge in [-0.15, -0.1) is 0 Å². The van der Waals surface area contributed by atoms with Gasteiger partial charge in [-0.2, -0.15) is 13.8 Å². The average molecular weight is 276 g/mol. The van der Waals surface area contributed by atoms with Crippen molar-refractivity contribution in [3.63, 3.8) is 0 Å². The number of amides is 1. The maximum absolute atomic E-state index is 13.2. The Kier molecular flexibility index (Phi) is 3.73. The summed E-state index contributed by atoms with van der Waals surface area (Å²) in [7, 11) is 0. The Labute approximate surface area is 107 Å². The van der Waals surface area contributed by atoms with Crippen LogP contribution in [0.4, 0.5) is 23.2 Å². The van der Waals surface area contributed by atoms with Crippen LogP contribution in [0, 0.1) is 17.8 Å². The van der Waals surface area contributed by atoms with Crippen LogP contribution in [0.25, 0.3) is 0 Å². The molecular formula is C12H12F4N2O. The quantitative estimate of drug-likeness (QED) is 0.666. The maximum atomic E-state index is 13.2. The first-order valence-electron chi connectivity index (χ1n) is 5.88. The van der Waals surface area contributed by atoms with Gasteiger partial charge in [-0.3, -0.25) is 4.79 Å². The maximum Gasteiger partial charge on any atom is 0.248 e. The van der Waals surface area contributed by atoms with Gasteiger partial charge in [-0.25, -0.2) is 8.78 Å². The minimum absolute atomic E-state index is 0.0507. The summed E-state index contributed by atoms with van der Waals surface area (Å²) in [5, 5.41) is 2.25. The predicted molar refractivity (Wildman–Crippen MR) is 59.7 cm³/mol. The lowest BCUT2D eigenvalue weighted by Crippen LogP contribution is -2.32. The molecule has 1 N–H and O–H groups in total. The lowest BCUT2D eigenvalue weighted by Gasteiger charge is -2.27. The van der Waals surface area contributed by atoms with E-state index in [1.807, 2.05) is 0 Å². The second-order valence-corrected chi connectivity index (χ2v) is 4.59.